The number of hydrogen-bond acceptors (Lipinski definition) is 5. The Bertz CT molecular complexity index is 658. The number of rotatable bonds is 6. The van der Waals surface area contributed by atoms with Crippen molar-refractivity contribution in [3.8, 4) is 0 Å². The van der Waals surface area contributed by atoms with Crippen molar-refractivity contribution in [2.24, 2.45) is 0 Å². The van der Waals surface area contributed by atoms with E-state index >= 15 is 0 Å². The van der Waals surface area contributed by atoms with Crippen LogP contribution in [0.3, 0.4) is 0 Å². The van der Waals surface area contributed by atoms with Gasteiger partial charge < -0.3 is 9.84 Å². The third-order valence-electron chi connectivity index (χ3n) is 2.45. The third kappa shape index (κ3) is 4.64. The van der Waals surface area contributed by atoms with Gasteiger partial charge in [0.05, 0.1) is 17.1 Å². The molecule has 0 aliphatic carbocycles. The van der Waals surface area contributed by atoms with Crippen molar-refractivity contribution in [1.82, 2.24) is 4.72 Å². The number of ether oxygens (including phenoxy) is 1. The number of aromatic carboxylic acids is 1. The van der Waals surface area contributed by atoms with Crippen molar-refractivity contribution < 1.29 is 27.9 Å². The van der Waals surface area contributed by atoms with E-state index in [1.807, 2.05) is 0 Å². The molecule has 2 N–H and O–H groups in total. The van der Waals surface area contributed by atoms with E-state index in [2.05, 4.69) is 4.72 Å². The van der Waals surface area contributed by atoms with E-state index in [-0.39, 0.29) is 17.1 Å². The molecule has 116 valence electrons. The minimum Gasteiger partial charge on any atom is -0.478 e. The Hall–Kier alpha value is -1.20. The lowest BCUT2D eigenvalue weighted by atomic mass is 10.2. The van der Waals surface area contributed by atoms with Gasteiger partial charge >= 0.3 is 11.9 Å². The SMILES string of the molecule is CCOC(=O)C(C)NS(=O)(=O)c1ccc(I)c(C(=O)O)c1. The molecule has 1 rings (SSSR count). The summed E-state index contributed by atoms with van der Waals surface area (Å²) in [6, 6.07) is 2.63. The van der Waals surface area contributed by atoms with E-state index in [0.717, 1.165) is 6.07 Å². The number of carbonyl (C=O) groups excluding carboxylic acids is 1. The lowest BCUT2D eigenvalue weighted by Gasteiger charge is -2.13. The summed E-state index contributed by atoms with van der Waals surface area (Å²) in [4.78, 5) is 22.2. The summed E-state index contributed by atoms with van der Waals surface area (Å²) in [6.07, 6.45) is 0. The number of benzene rings is 1. The molecule has 1 aromatic rings. The molecule has 0 radical (unpaired) electrons. The Kier molecular flexibility index (Phi) is 6.10. The molecular weight excluding hydrogens is 413 g/mol. The maximum atomic E-state index is 12.1. The van der Waals surface area contributed by atoms with Crippen molar-refractivity contribution in [2.45, 2.75) is 24.8 Å². The van der Waals surface area contributed by atoms with Gasteiger partial charge in [0.1, 0.15) is 6.04 Å². The number of sulfonamides is 1. The van der Waals surface area contributed by atoms with Crippen LogP contribution in [0.2, 0.25) is 0 Å². The number of carboxylic acids is 1. The summed E-state index contributed by atoms with van der Waals surface area (Å²) >= 11 is 1.80. The number of nitrogens with one attached hydrogen (secondary N) is 1. The first kappa shape index (κ1) is 17.9. The quantitative estimate of drug-likeness (QED) is 0.522. The van der Waals surface area contributed by atoms with E-state index in [0.29, 0.717) is 3.57 Å². The zero-order chi connectivity index (χ0) is 16.2. The molecule has 0 heterocycles. The van der Waals surface area contributed by atoms with Crippen molar-refractivity contribution in [2.75, 3.05) is 6.61 Å². The molecule has 9 heteroatoms. The molecule has 0 aliphatic heterocycles. The van der Waals surface area contributed by atoms with Crippen molar-refractivity contribution in [3.05, 3.63) is 27.3 Å². The number of halogens is 1. The summed E-state index contributed by atoms with van der Waals surface area (Å²) in [5, 5.41) is 9.00. The van der Waals surface area contributed by atoms with E-state index < -0.39 is 28.0 Å². The highest BCUT2D eigenvalue weighted by Crippen LogP contribution is 2.18. The summed E-state index contributed by atoms with van der Waals surface area (Å²) in [5.74, 6) is -1.93. The van der Waals surface area contributed by atoms with Crippen molar-refractivity contribution >= 4 is 44.6 Å². The zero-order valence-corrected chi connectivity index (χ0v) is 14.3. The first-order chi connectivity index (χ1) is 9.69. The first-order valence-electron chi connectivity index (χ1n) is 5.91. The van der Waals surface area contributed by atoms with Crippen molar-refractivity contribution in [1.29, 1.82) is 0 Å². The summed E-state index contributed by atoms with van der Waals surface area (Å²) < 4.78 is 31.5. The fraction of sp³-hybridized carbons (Fsp3) is 0.333. The van der Waals surface area contributed by atoms with Crippen LogP contribution in [-0.2, 0) is 19.6 Å². The highest BCUT2D eigenvalue weighted by molar-refractivity contribution is 14.1. The van der Waals surface area contributed by atoms with Gasteiger partial charge in [-0.25, -0.2) is 13.2 Å². The van der Waals surface area contributed by atoms with Crippen LogP contribution in [0.5, 0.6) is 0 Å². The molecule has 21 heavy (non-hydrogen) atoms. The van der Waals surface area contributed by atoms with Crippen LogP contribution in [0.25, 0.3) is 0 Å². The summed E-state index contributed by atoms with van der Waals surface area (Å²) in [7, 11) is -4.01. The van der Waals surface area contributed by atoms with Crippen LogP contribution in [0.15, 0.2) is 23.1 Å². The van der Waals surface area contributed by atoms with Crippen LogP contribution in [-0.4, -0.2) is 38.1 Å². The molecular formula is C12H14INO6S. The maximum Gasteiger partial charge on any atom is 0.336 e. The van der Waals surface area contributed by atoms with Crippen LogP contribution in [0.4, 0.5) is 0 Å². The number of hydrogen-bond donors (Lipinski definition) is 2. The third-order valence-corrected chi connectivity index (χ3v) is 4.93. The largest absolute Gasteiger partial charge is 0.478 e. The molecule has 0 amide bonds. The Morgan fingerprint density at radius 3 is 2.57 bits per heavy atom. The highest BCUT2D eigenvalue weighted by atomic mass is 127. The van der Waals surface area contributed by atoms with Gasteiger partial charge in [-0.1, -0.05) is 0 Å². The lowest BCUT2D eigenvalue weighted by Crippen LogP contribution is -2.39. The van der Waals surface area contributed by atoms with E-state index in [1.54, 1.807) is 29.5 Å². The summed E-state index contributed by atoms with van der Waals surface area (Å²) in [6.45, 7) is 3.09. The molecule has 1 aromatic carbocycles. The Balaban J connectivity index is 3.06. The average Bonchev–Trinajstić information content (AvgIpc) is 2.38. The number of carbonyl (C=O) groups is 2. The predicted octanol–water partition coefficient (Wildman–Crippen LogP) is 1.22. The van der Waals surface area contributed by atoms with E-state index in [9.17, 15) is 18.0 Å². The van der Waals surface area contributed by atoms with Gasteiger partial charge in [0, 0.05) is 3.57 Å². The van der Waals surface area contributed by atoms with Gasteiger partial charge in [0.2, 0.25) is 10.0 Å². The Labute approximate surface area is 135 Å². The van der Waals surface area contributed by atoms with E-state index in [1.165, 1.54) is 19.1 Å². The second-order valence-electron chi connectivity index (χ2n) is 4.04. The number of carboxylic acid groups (broad SMARTS) is 1. The van der Waals surface area contributed by atoms with Gasteiger partial charge in [-0.15, -0.1) is 0 Å². The first-order valence-corrected chi connectivity index (χ1v) is 8.47. The molecule has 0 saturated heterocycles. The standard InChI is InChI=1S/C12H14INO6S/c1-3-20-12(17)7(2)14-21(18,19)8-4-5-10(13)9(6-8)11(15)16/h4-7,14H,3H2,1-2H3,(H,15,16). The highest BCUT2D eigenvalue weighted by Gasteiger charge is 2.24. The normalized spacial score (nSPS) is 12.7. The molecule has 1 unspecified atom stereocenters. The second kappa shape index (κ2) is 7.18. The summed E-state index contributed by atoms with van der Waals surface area (Å²) in [5.41, 5.74) is -0.123. The van der Waals surface area contributed by atoms with Crippen LogP contribution in [0.1, 0.15) is 24.2 Å². The molecule has 0 bridgehead atoms. The molecule has 0 aromatic heterocycles. The minimum absolute atomic E-state index is 0.123. The molecule has 0 fully saturated rings. The monoisotopic (exact) mass is 427 g/mol. The smallest absolute Gasteiger partial charge is 0.336 e. The molecule has 0 aliphatic rings. The lowest BCUT2D eigenvalue weighted by molar-refractivity contribution is -0.144. The molecule has 0 saturated carbocycles. The maximum absolute atomic E-state index is 12.1. The average molecular weight is 427 g/mol. The van der Waals surface area contributed by atoms with Gasteiger partial charge in [0.15, 0.2) is 0 Å². The van der Waals surface area contributed by atoms with Crippen LogP contribution in [0, 0.1) is 3.57 Å². The van der Waals surface area contributed by atoms with Crippen LogP contribution >= 0.6 is 22.6 Å². The van der Waals surface area contributed by atoms with Gasteiger partial charge in [-0.3, -0.25) is 4.79 Å². The fourth-order valence-corrected chi connectivity index (χ4v) is 3.24. The van der Waals surface area contributed by atoms with E-state index in [4.69, 9.17) is 9.84 Å². The predicted molar refractivity (Wildman–Crippen MR) is 82.5 cm³/mol. The molecule has 7 nitrogen and oxygen atoms in total. The van der Waals surface area contributed by atoms with Gasteiger partial charge in [0.25, 0.3) is 0 Å². The fourth-order valence-electron chi connectivity index (χ4n) is 1.45. The molecule has 1 atom stereocenters. The second-order valence-corrected chi connectivity index (χ2v) is 6.92. The number of esters is 1. The van der Waals surface area contributed by atoms with Gasteiger partial charge in [-0.2, -0.15) is 4.72 Å². The zero-order valence-electron chi connectivity index (χ0n) is 11.3. The Morgan fingerprint density at radius 1 is 1.43 bits per heavy atom. The van der Waals surface area contributed by atoms with Crippen LogP contribution < -0.4 is 4.72 Å². The Morgan fingerprint density at radius 2 is 2.05 bits per heavy atom. The minimum atomic E-state index is -4.01. The van der Waals surface area contributed by atoms with Gasteiger partial charge in [-0.05, 0) is 54.6 Å². The van der Waals surface area contributed by atoms with Crippen molar-refractivity contribution in [3.63, 3.8) is 0 Å². The molecule has 0 spiro atoms. The topological polar surface area (TPSA) is 110 Å².